The lowest BCUT2D eigenvalue weighted by Gasteiger charge is -2.43. The molecular formula is C9H15NO2S. The van der Waals surface area contributed by atoms with Crippen LogP contribution in [0, 0.1) is 23.2 Å². The SMILES string of the molecule is CC(C)C1CC(C#N)(S(C)(=O)=O)C1. The van der Waals surface area contributed by atoms with Crippen LogP contribution in [0.1, 0.15) is 26.7 Å². The van der Waals surface area contributed by atoms with E-state index in [0.717, 1.165) is 6.26 Å². The van der Waals surface area contributed by atoms with Crippen LogP contribution in [-0.4, -0.2) is 19.4 Å². The van der Waals surface area contributed by atoms with E-state index in [2.05, 4.69) is 13.8 Å². The predicted molar refractivity (Wildman–Crippen MR) is 50.7 cm³/mol. The van der Waals surface area contributed by atoms with Gasteiger partial charge in [-0.15, -0.1) is 0 Å². The van der Waals surface area contributed by atoms with Gasteiger partial charge < -0.3 is 0 Å². The number of rotatable bonds is 2. The van der Waals surface area contributed by atoms with Gasteiger partial charge in [-0.1, -0.05) is 13.8 Å². The first kappa shape index (κ1) is 10.5. The Kier molecular flexibility index (Phi) is 2.42. The van der Waals surface area contributed by atoms with Crippen LogP contribution in [0.2, 0.25) is 0 Å². The fraction of sp³-hybridized carbons (Fsp3) is 0.889. The topological polar surface area (TPSA) is 57.9 Å². The number of hydrogen-bond acceptors (Lipinski definition) is 3. The van der Waals surface area contributed by atoms with Crippen LogP contribution in [-0.2, 0) is 9.84 Å². The molecule has 0 unspecified atom stereocenters. The maximum absolute atomic E-state index is 11.3. The van der Waals surface area contributed by atoms with E-state index < -0.39 is 14.6 Å². The first-order valence-corrected chi connectivity index (χ1v) is 6.32. The molecule has 0 aromatic rings. The highest BCUT2D eigenvalue weighted by Gasteiger charge is 2.53. The van der Waals surface area contributed by atoms with E-state index in [1.807, 2.05) is 6.07 Å². The number of nitriles is 1. The van der Waals surface area contributed by atoms with Crippen molar-refractivity contribution in [2.24, 2.45) is 11.8 Å². The molecule has 4 heteroatoms. The van der Waals surface area contributed by atoms with Crippen molar-refractivity contribution in [3.63, 3.8) is 0 Å². The normalized spacial score (nSPS) is 33.9. The van der Waals surface area contributed by atoms with Crippen molar-refractivity contribution in [3.8, 4) is 6.07 Å². The highest BCUT2D eigenvalue weighted by atomic mass is 32.2. The molecule has 0 aromatic carbocycles. The molecular weight excluding hydrogens is 186 g/mol. The summed E-state index contributed by atoms with van der Waals surface area (Å²) in [5, 5.41) is 8.84. The molecule has 0 atom stereocenters. The average molecular weight is 201 g/mol. The van der Waals surface area contributed by atoms with E-state index in [4.69, 9.17) is 5.26 Å². The minimum absolute atomic E-state index is 0.398. The Morgan fingerprint density at radius 2 is 1.92 bits per heavy atom. The molecule has 1 aliphatic carbocycles. The van der Waals surface area contributed by atoms with Crippen LogP contribution in [0.25, 0.3) is 0 Å². The van der Waals surface area contributed by atoms with Crippen LogP contribution in [0.5, 0.6) is 0 Å². The molecule has 0 N–H and O–H groups in total. The summed E-state index contributed by atoms with van der Waals surface area (Å²) in [6.07, 6.45) is 2.19. The van der Waals surface area contributed by atoms with Gasteiger partial charge in [0.2, 0.25) is 0 Å². The van der Waals surface area contributed by atoms with Crippen LogP contribution < -0.4 is 0 Å². The van der Waals surface area contributed by atoms with Crippen molar-refractivity contribution in [2.45, 2.75) is 31.4 Å². The standard InChI is InChI=1S/C9H15NO2S/c1-7(2)8-4-9(5-8,6-10)13(3,11)12/h7-8H,4-5H2,1-3H3. The highest BCUT2D eigenvalue weighted by Crippen LogP contribution is 2.46. The van der Waals surface area contributed by atoms with Crippen LogP contribution in [0.15, 0.2) is 0 Å². The second-order valence-electron chi connectivity index (χ2n) is 4.29. The first-order valence-electron chi connectivity index (χ1n) is 4.43. The van der Waals surface area contributed by atoms with Gasteiger partial charge in [0, 0.05) is 6.26 Å². The molecule has 3 nitrogen and oxygen atoms in total. The van der Waals surface area contributed by atoms with Crippen molar-refractivity contribution in [1.82, 2.24) is 0 Å². The van der Waals surface area contributed by atoms with Crippen molar-refractivity contribution in [1.29, 1.82) is 5.26 Å². The van der Waals surface area contributed by atoms with E-state index in [0.29, 0.717) is 24.7 Å². The number of sulfone groups is 1. The van der Waals surface area contributed by atoms with Gasteiger partial charge in [0.1, 0.15) is 0 Å². The lowest BCUT2D eigenvalue weighted by Crippen LogP contribution is -2.50. The van der Waals surface area contributed by atoms with Gasteiger partial charge in [-0.2, -0.15) is 5.26 Å². The third kappa shape index (κ3) is 1.58. The fourth-order valence-corrected chi connectivity index (χ4v) is 2.94. The third-order valence-corrected chi connectivity index (χ3v) is 4.88. The lowest BCUT2D eigenvalue weighted by atomic mass is 9.69. The maximum atomic E-state index is 11.3. The van der Waals surface area contributed by atoms with E-state index in [1.165, 1.54) is 0 Å². The molecule has 0 heterocycles. The molecule has 0 aliphatic heterocycles. The van der Waals surface area contributed by atoms with Gasteiger partial charge in [-0.3, -0.25) is 0 Å². The summed E-state index contributed by atoms with van der Waals surface area (Å²) < 4.78 is 21.6. The monoisotopic (exact) mass is 201 g/mol. The molecule has 1 fully saturated rings. The molecule has 1 saturated carbocycles. The Morgan fingerprint density at radius 1 is 1.46 bits per heavy atom. The predicted octanol–water partition coefficient (Wildman–Crippen LogP) is 1.36. The zero-order chi connectivity index (χ0) is 10.3. The van der Waals surface area contributed by atoms with Gasteiger partial charge in [-0.25, -0.2) is 8.42 Å². The van der Waals surface area contributed by atoms with Crippen molar-refractivity contribution in [2.75, 3.05) is 6.26 Å². The van der Waals surface area contributed by atoms with E-state index in [1.54, 1.807) is 0 Å². The Labute approximate surface area is 79.7 Å². The molecule has 74 valence electrons. The summed E-state index contributed by atoms with van der Waals surface area (Å²) in [5.41, 5.74) is 0. The number of nitrogens with zero attached hydrogens (tertiary/aromatic N) is 1. The van der Waals surface area contributed by atoms with Gasteiger partial charge in [0.05, 0.1) is 6.07 Å². The molecule has 0 bridgehead atoms. The second kappa shape index (κ2) is 2.98. The Balaban J connectivity index is 2.80. The van der Waals surface area contributed by atoms with E-state index in [-0.39, 0.29) is 0 Å². The van der Waals surface area contributed by atoms with Crippen molar-refractivity contribution >= 4 is 9.84 Å². The summed E-state index contributed by atoms with van der Waals surface area (Å²) in [6.45, 7) is 4.13. The van der Waals surface area contributed by atoms with E-state index in [9.17, 15) is 8.42 Å². The molecule has 0 radical (unpaired) electrons. The lowest BCUT2D eigenvalue weighted by molar-refractivity contribution is 0.199. The van der Waals surface area contributed by atoms with Gasteiger partial charge in [0.15, 0.2) is 14.6 Å². The minimum Gasteiger partial charge on any atom is -0.227 e. The summed E-state index contributed by atoms with van der Waals surface area (Å²) >= 11 is 0. The summed E-state index contributed by atoms with van der Waals surface area (Å²) in [5.74, 6) is 0.873. The fourth-order valence-electron chi connectivity index (χ4n) is 1.74. The quantitative estimate of drug-likeness (QED) is 0.677. The van der Waals surface area contributed by atoms with Crippen LogP contribution >= 0.6 is 0 Å². The van der Waals surface area contributed by atoms with E-state index >= 15 is 0 Å². The van der Waals surface area contributed by atoms with Crippen molar-refractivity contribution in [3.05, 3.63) is 0 Å². The largest absolute Gasteiger partial charge is 0.227 e. The van der Waals surface area contributed by atoms with Gasteiger partial charge in [-0.05, 0) is 24.7 Å². The zero-order valence-electron chi connectivity index (χ0n) is 8.24. The maximum Gasteiger partial charge on any atom is 0.166 e. The smallest absolute Gasteiger partial charge is 0.166 e. The average Bonchev–Trinajstić information content (AvgIpc) is 1.81. The Hall–Kier alpha value is -0.560. The minimum atomic E-state index is -3.21. The van der Waals surface area contributed by atoms with Gasteiger partial charge >= 0.3 is 0 Å². The summed E-state index contributed by atoms with van der Waals surface area (Å²) in [7, 11) is -3.21. The summed E-state index contributed by atoms with van der Waals surface area (Å²) in [6, 6.07) is 1.95. The second-order valence-corrected chi connectivity index (χ2v) is 6.62. The molecule has 0 saturated heterocycles. The number of hydrogen-bond donors (Lipinski definition) is 0. The molecule has 0 aromatic heterocycles. The Morgan fingerprint density at radius 3 is 2.15 bits per heavy atom. The molecule has 1 rings (SSSR count). The molecule has 1 aliphatic rings. The first-order chi connectivity index (χ1) is 5.82. The molecule has 13 heavy (non-hydrogen) atoms. The van der Waals surface area contributed by atoms with Gasteiger partial charge in [0.25, 0.3) is 0 Å². The molecule has 0 spiro atoms. The van der Waals surface area contributed by atoms with Crippen molar-refractivity contribution < 1.29 is 8.42 Å². The van der Waals surface area contributed by atoms with Crippen LogP contribution in [0.4, 0.5) is 0 Å². The summed E-state index contributed by atoms with van der Waals surface area (Å²) in [4.78, 5) is 0. The zero-order valence-corrected chi connectivity index (χ0v) is 9.06. The molecule has 0 amide bonds. The highest BCUT2D eigenvalue weighted by molar-refractivity contribution is 7.92. The Bertz CT molecular complexity index is 331. The third-order valence-electron chi connectivity index (χ3n) is 3.04. The van der Waals surface area contributed by atoms with Crippen LogP contribution in [0.3, 0.4) is 0 Å².